The molecular weight excluding hydrogens is 286 g/mol. The fourth-order valence-electron chi connectivity index (χ4n) is 2.40. The first-order chi connectivity index (χ1) is 10.9. The van der Waals surface area contributed by atoms with E-state index in [0.717, 1.165) is 28.1 Å². The monoisotopic (exact) mass is 307 g/mol. The molecule has 0 bridgehead atoms. The van der Waals surface area contributed by atoms with Crippen molar-refractivity contribution in [3.05, 3.63) is 48.3 Å². The van der Waals surface area contributed by atoms with Crippen LogP contribution in [0.4, 0.5) is 17.5 Å². The van der Waals surface area contributed by atoms with E-state index in [1.54, 1.807) is 6.20 Å². The zero-order valence-electron chi connectivity index (χ0n) is 13.9. The first kappa shape index (κ1) is 15.2. The van der Waals surface area contributed by atoms with E-state index in [2.05, 4.69) is 46.4 Å². The van der Waals surface area contributed by atoms with Gasteiger partial charge in [0.25, 0.3) is 0 Å². The lowest BCUT2D eigenvalue weighted by molar-refractivity contribution is 0.630. The van der Waals surface area contributed by atoms with Crippen LogP contribution in [-0.4, -0.2) is 20.5 Å². The van der Waals surface area contributed by atoms with Gasteiger partial charge >= 0.3 is 0 Å². The first-order valence-corrected chi connectivity index (χ1v) is 7.65. The number of para-hydroxylation sites is 1. The number of pyridine rings is 1. The molecule has 0 saturated heterocycles. The molecule has 0 aliphatic carbocycles. The molecule has 23 heavy (non-hydrogen) atoms. The smallest absolute Gasteiger partial charge is 0.229 e. The van der Waals surface area contributed by atoms with Crippen molar-refractivity contribution in [2.45, 2.75) is 33.2 Å². The van der Waals surface area contributed by atoms with Gasteiger partial charge in [0.1, 0.15) is 5.82 Å². The van der Waals surface area contributed by atoms with Crippen LogP contribution in [-0.2, 0) is 0 Å². The minimum absolute atomic E-state index is 0.0565. The molecule has 0 atom stereocenters. The molecule has 0 amide bonds. The van der Waals surface area contributed by atoms with E-state index in [-0.39, 0.29) is 5.54 Å². The maximum Gasteiger partial charge on any atom is 0.229 e. The highest BCUT2D eigenvalue weighted by Crippen LogP contribution is 2.24. The van der Waals surface area contributed by atoms with Crippen LogP contribution in [0.2, 0.25) is 0 Å². The van der Waals surface area contributed by atoms with Crippen LogP contribution in [0.15, 0.2) is 42.6 Å². The van der Waals surface area contributed by atoms with Crippen molar-refractivity contribution in [3.8, 4) is 0 Å². The molecule has 0 aliphatic heterocycles. The van der Waals surface area contributed by atoms with E-state index in [4.69, 9.17) is 0 Å². The molecule has 118 valence electrons. The van der Waals surface area contributed by atoms with Crippen molar-refractivity contribution in [1.29, 1.82) is 0 Å². The minimum atomic E-state index is -0.0565. The topological polar surface area (TPSA) is 62.7 Å². The minimum Gasteiger partial charge on any atom is -0.365 e. The SMILES string of the molecule is Cc1cc(NC(C)(C)C)nc(Nc2cccc3cccnc23)n1. The van der Waals surface area contributed by atoms with Gasteiger partial charge in [-0.1, -0.05) is 18.2 Å². The van der Waals surface area contributed by atoms with Gasteiger partial charge in [-0.3, -0.25) is 4.98 Å². The summed E-state index contributed by atoms with van der Waals surface area (Å²) < 4.78 is 0. The van der Waals surface area contributed by atoms with Crippen molar-refractivity contribution in [3.63, 3.8) is 0 Å². The second-order valence-electron chi connectivity index (χ2n) is 6.60. The summed E-state index contributed by atoms with van der Waals surface area (Å²) in [5.41, 5.74) is 2.65. The maximum atomic E-state index is 4.56. The van der Waals surface area contributed by atoms with Gasteiger partial charge in [-0.25, -0.2) is 4.98 Å². The summed E-state index contributed by atoms with van der Waals surface area (Å²) in [5, 5.41) is 7.75. The number of hydrogen-bond donors (Lipinski definition) is 2. The van der Waals surface area contributed by atoms with Crippen LogP contribution in [0.25, 0.3) is 10.9 Å². The molecule has 2 N–H and O–H groups in total. The second-order valence-corrected chi connectivity index (χ2v) is 6.60. The molecule has 3 aromatic rings. The van der Waals surface area contributed by atoms with E-state index in [1.807, 2.05) is 43.3 Å². The van der Waals surface area contributed by atoms with Gasteiger partial charge in [0, 0.05) is 28.9 Å². The molecule has 0 unspecified atom stereocenters. The number of fused-ring (bicyclic) bond motifs is 1. The van der Waals surface area contributed by atoms with E-state index >= 15 is 0 Å². The van der Waals surface area contributed by atoms with Crippen LogP contribution < -0.4 is 10.6 Å². The van der Waals surface area contributed by atoms with Crippen LogP contribution >= 0.6 is 0 Å². The number of aryl methyl sites for hydroxylation is 1. The Kier molecular flexibility index (Phi) is 3.86. The van der Waals surface area contributed by atoms with Crippen LogP contribution in [0.3, 0.4) is 0 Å². The summed E-state index contributed by atoms with van der Waals surface area (Å²) in [5.74, 6) is 1.37. The van der Waals surface area contributed by atoms with Crippen molar-refractivity contribution in [2.75, 3.05) is 10.6 Å². The summed E-state index contributed by atoms with van der Waals surface area (Å²) in [6.07, 6.45) is 1.79. The van der Waals surface area contributed by atoms with Gasteiger partial charge in [0.15, 0.2) is 0 Å². The van der Waals surface area contributed by atoms with Crippen LogP contribution in [0.5, 0.6) is 0 Å². The Morgan fingerprint density at radius 1 is 1.00 bits per heavy atom. The molecule has 3 rings (SSSR count). The van der Waals surface area contributed by atoms with Crippen LogP contribution in [0, 0.1) is 6.92 Å². The molecule has 0 fully saturated rings. The number of aromatic nitrogens is 3. The summed E-state index contributed by atoms with van der Waals surface area (Å²) in [6, 6.07) is 11.9. The molecular formula is C18H21N5. The highest BCUT2D eigenvalue weighted by molar-refractivity contribution is 5.91. The third kappa shape index (κ3) is 3.74. The van der Waals surface area contributed by atoms with Crippen molar-refractivity contribution < 1.29 is 0 Å². The lowest BCUT2D eigenvalue weighted by atomic mass is 10.1. The molecule has 2 aromatic heterocycles. The highest BCUT2D eigenvalue weighted by Gasteiger charge is 2.12. The third-order valence-electron chi connectivity index (χ3n) is 3.24. The normalized spacial score (nSPS) is 11.5. The average molecular weight is 307 g/mol. The molecule has 0 saturated carbocycles. The third-order valence-corrected chi connectivity index (χ3v) is 3.24. The number of nitrogens with zero attached hydrogens (tertiary/aromatic N) is 3. The zero-order chi connectivity index (χ0) is 16.4. The van der Waals surface area contributed by atoms with Gasteiger partial charge in [-0.05, 0) is 39.8 Å². The summed E-state index contributed by atoms with van der Waals surface area (Å²) in [4.78, 5) is 13.5. The molecule has 0 radical (unpaired) electrons. The lowest BCUT2D eigenvalue weighted by Crippen LogP contribution is -2.27. The molecule has 0 spiro atoms. The van der Waals surface area contributed by atoms with Gasteiger partial charge in [-0.15, -0.1) is 0 Å². The van der Waals surface area contributed by atoms with Gasteiger partial charge in [-0.2, -0.15) is 4.98 Å². The largest absolute Gasteiger partial charge is 0.365 e. The van der Waals surface area contributed by atoms with Crippen LogP contribution in [0.1, 0.15) is 26.5 Å². The van der Waals surface area contributed by atoms with E-state index in [0.29, 0.717) is 5.95 Å². The zero-order valence-corrected chi connectivity index (χ0v) is 13.9. The second kappa shape index (κ2) is 5.83. The average Bonchev–Trinajstić information content (AvgIpc) is 2.45. The Balaban J connectivity index is 1.96. The number of nitrogens with one attached hydrogen (secondary N) is 2. The van der Waals surface area contributed by atoms with Gasteiger partial charge < -0.3 is 10.6 Å². The fourth-order valence-corrected chi connectivity index (χ4v) is 2.40. The lowest BCUT2D eigenvalue weighted by Gasteiger charge is -2.21. The Bertz CT molecular complexity index is 831. The van der Waals surface area contributed by atoms with Gasteiger partial charge in [0.2, 0.25) is 5.95 Å². The molecule has 0 aliphatic rings. The molecule has 1 aromatic carbocycles. The predicted molar refractivity (Wildman–Crippen MR) is 95.2 cm³/mol. The Morgan fingerprint density at radius 3 is 2.57 bits per heavy atom. The summed E-state index contributed by atoms with van der Waals surface area (Å²) in [6.45, 7) is 8.27. The number of anilines is 3. The fraction of sp³-hybridized carbons (Fsp3) is 0.278. The number of hydrogen-bond acceptors (Lipinski definition) is 5. The Hall–Kier alpha value is -2.69. The van der Waals surface area contributed by atoms with E-state index in [1.165, 1.54) is 0 Å². The molecule has 5 heteroatoms. The number of benzene rings is 1. The maximum absolute atomic E-state index is 4.56. The number of rotatable bonds is 3. The Labute approximate surface area is 136 Å². The quantitative estimate of drug-likeness (QED) is 0.756. The van der Waals surface area contributed by atoms with E-state index in [9.17, 15) is 0 Å². The molecule has 2 heterocycles. The predicted octanol–water partition coefficient (Wildman–Crippen LogP) is 4.29. The summed E-state index contributed by atoms with van der Waals surface area (Å²) >= 11 is 0. The molecule has 5 nitrogen and oxygen atoms in total. The van der Waals surface area contributed by atoms with Crippen molar-refractivity contribution in [2.24, 2.45) is 0 Å². The first-order valence-electron chi connectivity index (χ1n) is 7.65. The Morgan fingerprint density at radius 2 is 1.78 bits per heavy atom. The van der Waals surface area contributed by atoms with Gasteiger partial charge in [0.05, 0.1) is 11.2 Å². The standard InChI is InChI=1S/C18H21N5/c1-12-11-15(23-18(2,3)4)22-17(20-12)21-14-9-5-7-13-8-6-10-19-16(13)14/h5-11H,1-4H3,(H2,20,21,22,23). The van der Waals surface area contributed by atoms with E-state index < -0.39 is 0 Å². The van der Waals surface area contributed by atoms with Crippen molar-refractivity contribution in [1.82, 2.24) is 15.0 Å². The summed E-state index contributed by atoms with van der Waals surface area (Å²) in [7, 11) is 0. The van der Waals surface area contributed by atoms with Crippen molar-refractivity contribution >= 4 is 28.4 Å². The highest BCUT2D eigenvalue weighted by atomic mass is 15.2.